The topological polar surface area (TPSA) is 93.7 Å². The van der Waals surface area contributed by atoms with Crippen molar-refractivity contribution < 1.29 is 22.7 Å². The van der Waals surface area contributed by atoms with Gasteiger partial charge in [-0.2, -0.15) is 0 Å². The molecule has 1 atom stereocenters. The fraction of sp³-hybridized carbons (Fsp3) is 0.381. The average molecular weight is 453 g/mol. The van der Waals surface area contributed by atoms with Gasteiger partial charge in [-0.1, -0.05) is 13.8 Å². The smallest absolute Gasteiger partial charge is 0.241 e. The molecule has 0 aliphatic rings. The fourth-order valence-electron chi connectivity index (χ4n) is 2.49. The van der Waals surface area contributed by atoms with Crippen LogP contribution < -0.4 is 19.5 Å². The lowest BCUT2D eigenvalue weighted by Gasteiger charge is -2.17. The van der Waals surface area contributed by atoms with E-state index in [4.69, 9.17) is 9.47 Å². The zero-order valence-electron chi connectivity index (χ0n) is 17.8. The van der Waals surface area contributed by atoms with Gasteiger partial charge in [0.2, 0.25) is 15.9 Å². The second kappa shape index (κ2) is 10.7. The minimum atomic E-state index is -3.79. The molecular weight excluding hydrogens is 424 g/mol. The maximum atomic E-state index is 12.8. The molecule has 1 amide bonds. The van der Waals surface area contributed by atoms with Crippen molar-refractivity contribution in [2.24, 2.45) is 5.92 Å². The summed E-state index contributed by atoms with van der Waals surface area (Å²) in [6.45, 7) is 5.44. The van der Waals surface area contributed by atoms with E-state index in [2.05, 4.69) is 10.0 Å². The van der Waals surface area contributed by atoms with Gasteiger partial charge in [0.15, 0.2) is 0 Å². The van der Waals surface area contributed by atoms with Crippen molar-refractivity contribution in [2.45, 2.75) is 36.6 Å². The van der Waals surface area contributed by atoms with Crippen LogP contribution >= 0.6 is 11.8 Å². The number of anilines is 1. The molecule has 0 fully saturated rings. The van der Waals surface area contributed by atoms with Crippen LogP contribution in [0, 0.1) is 5.92 Å². The van der Waals surface area contributed by atoms with Crippen LogP contribution in [0.2, 0.25) is 0 Å². The number of amides is 1. The minimum absolute atomic E-state index is 0.0793. The summed E-state index contributed by atoms with van der Waals surface area (Å²) in [5, 5.41) is 2.80. The van der Waals surface area contributed by atoms with Gasteiger partial charge in [0.05, 0.1) is 23.7 Å². The Morgan fingerprint density at radius 3 is 2.27 bits per heavy atom. The summed E-state index contributed by atoms with van der Waals surface area (Å²) in [6.07, 6.45) is 1.87. The predicted octanol–water partition coefficient (Wildman–Crippen LogP) is 3.76. The molecule has 2 N–H and O–H groups in total. The molecule has 0 spiro atoms. The molecule has 0 aliphatic heterocycles. The van der Waals surface area contributed by atoms with E-state index in [0.29, 0.717) is 17.2 Å². The van der Waals surface area contributed by atoms with Crippen molar-refractivity contribution in [1.29, 1.82) is 0 Å². The minimum Gasteiger partial charge on any atom is -0.497 e. The lowest BCUT2D eigenvalue weighted by atomic mass is 10.2. The number of sulfonamides is 1. The lowest BCUT2D eigenvalue weighted by molar-refractivity contribution is -0.118. The van der Waals surface area contributed by atoms with Crippen LogP contribution in [-0.4, -0.2) is 40.3 Å². The van der Waals surface area contributed by atoms with Crippen molar-refractivity contribution in [3.8, 4) is 11.5 Å². The molecule has 30 heavy (non-hydrogen) atoms. The summed E-state index contributed by atoms with van der Waals surface area (Å²) in [5.74, 6) is 0.942. The van der Waals surface area contributed by atoms with Crippen LogP contribution in [0.3, 0.4) is 0 Å². The Morgan fingerprint density at radius 2 is 1.70 bits per heavy atom. The molecule has 0 aliphatic carbocycles. The first-order valence-corrected chi connectivity index (χ1v) is 12.1. The normalized spacial score (nSPS) is 12.5. The molecule has 2 aromatic rings. The Morgan fingerprint density at radius 1 is 1.07 bits per heavy atom. The maximum absolute atomic E-state index is 12.8. The van der Waals surface area contributed by atoms with Gasteiger partial charge >= 0.3 is 0 Å². The van der Waals surface area contributed by atoms with E-state index in [-0.39, 0.29) is 23.3 Å². The Balaban J connectivity index is 2.08. The molecule has 0 heterocycles. The molecule has 2 rings (SSSR count). The number of ether oxygens (including phenoxy) is 2. The first kappa shape index (κ1) is 24.0. The molecule has 2 aromatic carbocycles. The molecular formula is C21H28N2O5S2. The second-order valence-electron chi connectivity index (χ2n) is 7.01. The first-order chi connectivity index (χ1) is 14.2. The number of methoxy groups -OCH3 is 1. The highest BCUT2D eigenvalue weighted by atomic mass is 32.2. The largest absolute Gasteiger partial charge is 0.497 e. The Hall–Kier alpha value is -2.23. The Labute approximate surface area is 182 Å². The van der Waals surface area contributed by atoms with E-state index in [1.54, 1.807) is 58.2 Å². The summed E-state index contributed by atoms with van der Waals surface area (Å²) in [5.41, 5.74) is 0.478. The molecule has 0 bridgehead atoms. The van der Waals surface area contributed by atoms with Crippen molar-refractivity contribution in [1.82, 2.24) is 4.72 Å². The third kappa shape index (κ3) is 6.65. The van der Waals surface area contributed by atoms with Crippen LogP contribution in [0.25, 0.3) is 0 Å². The molecule has 164 valence electrons. The number of carbonyl (C=O) groups is 1. The molecule has 0 aromatic heterocycles. The van der Waals surface area contributed by atoms with Gasteiger partial charge < -0.3 is 14.8 Å². The maximum Gasteiger partial charge on any atom is 0.241 e. The fourth-order valence-corrected chi connectivity index (χ4v) is 4.28. The third-order valence-electron chi connectivity index (χ3n) is 4.18. The van der Waals surface area contributed by atoms with E-state index in [0.717, 1.165) is 4.90 Å². The van der Waals surface area contributed by atoms with Gasteiger partial charge in [-0.05, 0) is 55.6 Å². The number of hydrogen-bond acceptors (Lipinski definition) is 6. The van der Waals surface area contributed by atoms with Gasteiger partial charge in [0.1, 0.15) is 18.1 Å². The molecule has 9 heteroatoms. The quantitative estimate of drug-likeness (QED) is 0.533. The summed E-state index contributed by atoms with van der Waals surface area (Å²) in [4.78, 5) is 12.9. The van der Waals surface area contributed by atoms with Gasteiger partial charge in [0.25, 0.3) is 0 Å². The van der Waals surface area contributed by atoms with E-state index >= 15 is 0 Å². The standard InChI is InChI=1S/C21H28N2O5S2/c1-14(2)21(24)22-19-12-18(10-11-20(19)29-5)30(25,26)23-15(3)13-28-17-8-6-16(27-4)7-9-17/h6-12,14-15,23H,13H2,1-5H3,(H,22,24)/t15-/m0/s1. The number of benzene rings is 2. The van der Waals surface area contributed by atoms with Crippen LogP contribution in [0.1, 0.15) is 20.8 Å². The van der Waals surface area contributed by atoms with E-state index in [1.165, 1.54) is 23.9 Å². The molecule has 0 saturated carbocycles. The van der Waals surface area contributed by atoms with E-state index in [9.17, 15) is 13.2 Å². The van der Waals surface area contributed by atoms with Crippen molar-refractivity contribution >= 4 is 33.4 Å². The van der Waals surface area contributed by atoms with Crippen LogP contribution in [0.4, 0.5) is 5.69 Å². The highest BCUT2D eigenvalue weighted by Gasteiger charge is 2.20. The van der Waals surface area contributed by atoms with Crippen LogP contribution in [0.15, 0.2) is 52.3 Å². The van der Waals surface area contributed by atoms with Gasteiger partial charge in [-0.25, -0.2) is 13.1 Å². The third-order valence-corrected chi connectivity index (χ3v) is 6.56. The molecule has 0 radical (unpaired) electrons. The zero-order chi connectivity index (χ0) is 22.3. The van der Waals surface area contributed by atoms with Crippen molar-refractivity contribution in [3.05, 3.63) is 42.5 Å². The van der Waals surface area contributed by atoms with Gasteiger partial charge in [0, 0.05) is 10.8 Å². The SMILES string of the molecule is COc1ccc(OC[C@H](C)NS(=O)(=O)c2ccc(SC)c(NC(=O)C(C)C)c2)cc1. The number of rotatable bonds is 10. The van der Waals surface area contributed by atoms with Crippen LogP contribution in [0.5, 0.6) is 11.5 Å². The first-order valence-electron chi connectivity index (χ1n) is 9.44. The second-order valence-corrected chi connectivity index (χ2v) is 9.58. The number of hydrogen-bond donors (Lipinski definition) is 2. The van der Waals surface area contributed by atoms with Crippen LogP contribution in [-0.2, 0) is 14.8 Å². The van der Waals surface area contributed by atoms with E-state index in [1.807, 2.05) is 6.26 Å². The Bertz CT molecular complexity index is 960. The average Bonchev–Trinajstić information content (AvgIpc) is 2.72. The zero-order valence-corrected chi connectivity index (χ0v) is 19.4. The van der Waals surface area contributed by atoms with Gasteiger partial charge in [-0.3, -0.25) is 4.79 Å². The summed E-state index contributed by atoms with van der Waals surface area (Å²) in [6, 6.07) is 11.3. The number of thioether (sulfide) groups is 1. The summed E-state index contributed by atoms with van der Waals surface area (Å²) in [7, 11) is -2.21. The van der Waals surface area contributed by atoms with Crippen molar-refractivity contribution in [3.63, 3.8) is 0 Å². The predicted molar refractivity (Wildman–Crippen MR) is 120 cm³/mol. The summed E-state index contributed by atoms with van der Waals surface area (Å²) < 4.78 is 39.0. The molecule has 0 saturated heterocycles. The monoisotopic (exact) mass is 452 g/mol. The summed E-state index contributed by atoms with van der Waals surface area (Å²) >= 11 is 1.43. The molecule has 7 nitrogen and oxygen atoms in total. The van der Waals surface area contributed by atoms with Crippen molar-refractivity contribution in [2.75, 3.05) is 25.3 Å². The Kier molecular flexibility index (Phi) is 8.57. The highest BCUT2D eigenvalue weighted by Crippen LogP contribution is 2.28. The highest BCUT2D eigenvalue weighted by molar-refractivity contribution is 7.98. The molecule has 0 unspecified atom stereocenters. The van der Waals surface area contributed by atoms with E-state index < -0.39 is 16.1 Å². The number of carbonyl (C=O) groups excluding carboxylic acids is 1. The number of nitrogens with one attached hydrogen (secondary N) is 2. The lowest BCUT2D eigenvalue weighted by Crippen LogP contribution is -2.36. The van der Waals surface area contributed by atoms with Gasteiger partial charge in [-0.15, -0.1) is 11.8 Å².